The van der Waals surface area contributed by atoms with Crippen molar-refractivity contribution in [3.63, 3.8) is 0 Å². The average molecular weight is 314 g/mol. The molecule has 2 amide bonds. The van der Waals surface area contributed by atoms with E-state index in [0.29, 0.717) is 18.5 Å². The van der Waals surface area contributed by atoms with Crippen LogP contribution in [0, 0.1) is 5.92 Å². The van der Waals surface area contributed by atoms with E-state index in [1.54, 1.807) is 0 Å². The summed E-state index contributed by atoms with van der Waals surface area (Å²) in [6, 6.07) is 5.45. The van der Waals surface area contributed by atoms with Crippen molar-refractivity contribution >= 4 is 28.0 Å². The second-order valence-electron chi connectivity index (χ2n) is 5.13. The average Bonchev–Trinajstić information content (AvgIpc) is 2.31. The van der Waals surface area contributed by atoms with Gasteiger partial charge in [0.25, 0.3) is 5.91 Å². The van der Waals surface area contributed by atoms with Crippen LogP contribution in [0.3, 0.4) is 0 Å². The van der Waals surface area contributed by atoms with Crippen molar-refractivity contribution in [1.82, 2.24) is 5.32 Å². The molecule has 2 aliphatic heterocycles. The van der Waals surface area contributed by atoms with Crippen LogP contribution in [0.25, 0.3) is 0 Å². The summed E-state index contributed by atoms with van der Waals surface area (Å²) >= 11 is 0. The Bertz CT molecular complexity index is 710. The Morgan fingerprint density at radius 1 is 1.24 bits per heavy atom. The van der Waals surface area contributed by atoms with Gasteiger partial charge in [0.1, 0.15) is 11.3 Å². The van der Waals surface area contributed by atoms with Gasteiger partial charge in [-0.15, -0.1) is 0 Å². The monoisotopic (exact) mass is 314 g/mol. The molecule has 2 bridgehead atoms. The number of benzene rings is 1. The lowest BCUT2D eigenvalue weighted by Gasteiger charge is -2.50. The van der Waals surface area contributed by atoms with Gasteiger partial charge < -0.3 is 9.50 Å². The van der Waals surface area contributed by atoms with Crippen LogP contribution in [-0.2, 0) is 20.1 Å². The van der Waals surface area contributed by atoms with Gasteiger partial charge in [-0.05, 0) is 37.1 Å². The first-order valence-electron chi connectivity index (χ1n) is 6.15. The smallest absolute Gasteiger partial charge is 0.371 e. The molecule has 4 rings (SSSR count). The largest absolute Gasteiger partial charge is 0.488 e. The zero-order valence-corrected chi connectivity index (χ0v) is 11.4. The Hall–Kier alpha value is -2.16. The van der Waals surface area contributed by atoms with Gasteiger partial charge in [0.2, 0.25) is 5.91 Å². The van der Waals surface area contributed by atoms with Crippen molar-refractivity contribution in [2.24, 2.45) is 5.92 Å². The van der Waals surface area contributed by atoms with E-state index in [1.165, 1.54) is 24.3 Å². The van der Waals surface area contributed by atoms with Gasteiger partial charge in [0, 0.05) is 11.6 Å². The minimum absolute atomic E-state index is 0.158. The lowest BCUT2D eigenvalue weighted by Crippen LogP contribution is -2.69. The number of carbonyl (C=O) groups is 2. The predicted molar refractivity (Wildman–Crippen MR) is 69.3 cm³/mol. The standard InChI is InChI=1S/C12H11FN2O5S/c13-21(18,19)20-9-3-1-8(2-4-9)15-12-5-7(6-12)10(16)14-11(12)17/h1-4,7,15H,5-6H2,(H,14,16,17). The van der Waals surface area contributed by atoms with Crippen molar-refractivity contribution in [3.05, 3.63) is 24.3 Å². The summed E-state index contributed by atoms with van der Waals surface area (Å²) in [6.45, 7) is 0. The molecule has 1 saturated carbocycles. The number of piperidine rings is 2. The SMILES string of the molecule is O=C1NC(=O)C2(Nc3ccc(OS(=O)(=O)F)cc3)CC1C2. The molecule has 0 radical (unpaired) electrons. The molecule has 0 atom stereocenters. The van der Waals surface area contributed by atoms with E-state index in [4.69, 9.17) is 0 Å². The number of rotatable bonds is 4. The highest BCUT2D eigenvalue weighted by molar-refractivity contribution is 7.81. The van der Waals surface area contributed by atoms with E-state index in [-0.39, 0.29) is 23.5 Å². The quantitative estimate of drug-likeness (QED) is 0.620. The number of hydrogen-bond acceptors (Lipinski definition) is 6. The van der Waals surface area contributed by atoms with Gasteiger partial charge >= 0.3 is 10.5 Å². The summed E-state index contributed by atoms with van der Waals surface area (Å²) in [7, 11) is -5.06. The number of anilines is 1. The third-order valence-electron chi connectivity index (χ3n) is 3.67. The van der Waals surface area contributed by atoms with Gasteiger partial charge in [0.05, 0.1) is 0 Å². The third-order valence-corrected chi connectivity index (χ3v) is 4.06. The number of amides is 2. The van der Waals surface area contributed by atoms with Crippen LogP contribution in [0.4, 0.5) is 9.57 Å². The molecule has 0 spiro atoms. The molecule has 9 heteroatoms. The van der Waals surface area contributed by atoms with Gasteiger partial charge in [-0.3, -0.25) is 14.9 Å². The van der Waals surface area contributed by atoms with Crippen LogP contribution >= 0.6 is 0 Å². The molecule has 7 nitrogen and oxygen atoms in total. The van der Waals surface area contributed by atoms with Crippen molar-refractivity contribution < 1.29 is 26.1 Å². The maximum absolute atomic E-state index is 12.4. The molecular formula is C12H11FN2O5S. The van der Waals surface area contributed by atoms with Gasteiger partial charge in [-0.2, -0.15) is 8.42 Å². The van der Waals surface area contributed by atoms with E-state index >= 15 is 0 Å². The molecule has 3 fully saturated rings. The molecule has 1 aromatic carbocycles. The zero-order chi connectivity index (χ0) is 15.3. The van der Waals surface area contributed by atoms with Gasteiger partial charge in [-0.25, -0.2) is 0 Å². The van der Waals surface area contributed by atoms with Gasteiger partial charge in [0.15, 0.2) is 0 Å². The summed E-state index contributed by atoms with van der Waals surface area (Å²) in [5.74, 6) is -0.952. The Balaban J connectivity index is 1.72. The van der Waals surface area contributed by atoms with Crippen LogP contribution < -0.4 is 14.8 Å². The molecule has 21 heavy (non-hydrogen) atoms. The van der Waals surface area contributed by atoms with Crippen LogP contribution in [-0.4, -0.2) is 25.8 Å². The number of imide groups is 1. The molecule has 2 heterocycles. The predicted octanol–water partition coefficient (Wildman–Crippen LogP) is 0.497. The van der Waals surface area contributed by atoms with E-state index in [9.17, 15) is 21.9 Å². The van der Waals surface area contributed by atoms with Crippen LogP contribution in [0.2, 0.25) is 0 Å². The molecule has 112 valence electrons. The Kier molecular flexibility index (Phi) is 2.90. The van der Waals surface area contributed by atoms with Crippen LogP contribution in [0.5, 0.6) is 5.75 Å². The van der Waals surface area contributed by atoms with Crippen molar-refractivity contribution in [1.29, 1.82) is 0 Å². The summed E-state index contributed by atoms with van der Waals surface area (Å²) in [6.07, 6.45) is 0.851. The molecule has 0 unspecified atom stereocenters. The fourth-order valence-corrected chi connectivity index (χ4v) is 2.97. The number of nitrogens with one attached hydrogen (secondary N) is 2. The minimum Gasteiger partial charge on any atom is -0.371 e. The first-order chi connectivity index (χ1) is 9.77. The molecule has 2 saturated heterocycles. The lowest BCUT2D eigenvalue weighted by atomic mass is 9.64. The first kappa shape index (κ1) is 13.8. The van der Waals surface area contributed by atoms with E-state index in [1.807, 2.05) is 0 Å². The number of halogens is 1. The number of fused-ring (bicyclic) bond motifs is 2. The normalized spacial score (nSPS) is 27.6. The van der Waals surface area contributed by atoms with E-state index in [2.05, 4.69) is 14.8 Å². The zero-order valence-electron chi connectivity index (χ0n) is 10.6. The van der Waals surface area contributed by atoms with Crippen LogP contribution in [0.15, 0.2) is 24.3 Å². The second-order valence-corrected chi connectivity index (χ2v) is 6.08. The highest BCUT2D eigenvalue weighted by atomic mass is 32.3. The molecule has 3 aliphatic rings. The molecular weight excluding hydrogens is 303 g/mol. The third kappa shape index (κ3) is 2.56. The van der Waals surface area contributed by atoms with E-state index in [0.717, 1.165) is 0 Å². The number of carbonyl (C=O) groups excluding carboxylic acids is 2. The maximum Gasteiger partial charge on any atom is 0.488 e. The summed E-state index contributed by atoms with van der Waals surface area (Å²) in [5.41, 5.74) is -0.269. The van der Waals surface area contributed by atoms with E-state index < -0.39 is 16.0 Å². The van der Waals surface area contributed by atoms with Crippen molar-refractivity contribution in [3.8, 4) is 5.75 Å². The highest BCUT2D eigenvalue weighted by Crippen LogP contribution is 2.44. The Morgan fingerprint density at radius 3 is 2.38 bits per heavy atom. The molecule has 2 N–H and O–H groups in total. The topological polar surface area (TPSA) is 102 Å². The molecule has 1 aliphatic carbocycles. The molecule has 1 aromatic rings. The van der Waals surface area contributed by atoms with Crippen molar-refractivity contribution in [2.75, 3.05) is 5.32 Å². The Labute approximate surface area is 119 Å². The minimum atomic E-state index is -5.06. The fraction of sp³-hybridized carbons (Fsp3) is 0.333. The number of hydrogen-bond donors (Lipinski definition) is 2. The highest BCUT2D eigenvalue weighted by Gasteiger charge is 2.57. The van der Waals surface area contributed by atoms with Crippen molar-refractivity contribution in [2.45, 2.75) is 18.4 Å². The maximum atomic E-state index is 12.4. The lowest BCUT2D eigenvalue weighted by molar-refractivity contribution is -0.148. The first-order valence-corrected chi connectivity index (χ1v) is 7.46. The Morgan fingerprint density at radius 2 is 1.86 bits per heavy atom. The summed E-state index contributed by atoms with van der Waals surface area (Å²) in [4.78, 5) is 23.2. The summed E-state index contributed by atoms with van der Waals surface area (Å²) < 4.78 is 37.1. The second kappa shape index (κ2) is 4.42. The van der Waals surface area contributed by atoms with Crippen LogP contribution in [0.1, 0.15) is 12.8 Å². The molecule has 0 aromatic heterocycles. The van der Waals surface area contributed by atoms with Gasteiger partial charge in [-0.1, -0.05) is 3.89 Å². The fourth-order valence-electron chi connectivity index (χ4n) is 2.63. The summed E-state index contributed by atoms with van der Waals surface area (Å²) in [5, 5.41) is 5.31.